The van der Waals surface area contributed by atoms with Gasteiger partial charge in [0.15, 0.2) is 5.69 Å². The first-order valence-electron chi connectivity index (χ1n) is 7.01. The number of aromatic hydroxyl groups is 1. The highest BCUT2D eigenvalue weighted by Gasteiger charge is 2.36. The van der Waals surface area contributed by atoms with E-state index in [9.17, 15) is 5.11 Å². The van der Waals surface area contributed by atoms with Gasteiger partial charge in [-0.15, -0.1) is 10.2 Å². The van der Waals surface area contributed by atoms with Crippen molar-refractivity contribution in [3.8, 4) is 5.88 Å². The van der Waals surface area contributed by atoms with Gasteiger partial charge in [0, 0.05) is 15.4 Å². The van der Waals surface area contributed by atoms with Crippen LogP contribution in [0.3, 0.4) is 0 Å². The third kappa shape index (κ3) is 2.23. The Morgan fingerprint density at radius 1 is 1.50 bits per heavy atom. The molecule has 5 nitrogen and oxygen atoms in total. The van der Waals surface area contributed by atoms with Crippen LogP contribution in [0.2, 0.25) is 0 Å². The standard InChI is InChI=1S/C15H17BrN4OS/c1-7-6-15(2,3)20-12-9(7)4-8(16)5-10(12)11(13(20)21)18-19-14(17)22/h4-5,7,21H,6H2,1-3H3,(H2,17,22). The number of rotatable bonds is 1. The van der Waals surface area contributed by atoms with Crippen molar-refractivity contribution in [2.24, 2.45) is 16.0 Å². The largest absolute Gasteiger partial charge is 0.493 e. The number of hydrogen-bond donors (Lipinski definition) is 2. The monoisotopic (exact) mass is 380 g/mol. The average Bonchev–Trinajstić information content (AvgIpc) is 2.66. The van der Waals surface area contributed by atoms with Gasteiger partial charge in [-0.25, -0.2) is 0 Å². The third-order valence-corrected chi connectivity index (χ3v) is 4.74. The van der Waals surface area contributed by atoms with Gasteiger partial charge in [-0.05, 0) is 56.1 Å². The highest BCUT2D eigenvalue weighted by Crippen LogP contribution is 2.51. The van der Waals surface area contributed by atoms with Crippen LogP contribution < -0.4 is 5.73 Å². The van der Waals surface area contributed by atoms with E-state index < -0.39 is 0 Å². The van der Waals surface area contributed by atoms with Crippen molar-refractivity contribution < 1.29 is 5.11 Å². The molecule has 1 aromatic heterocycles. The van der Waals surface area contributed by atoms with Crippen LogP contribution in [0, 0.1) is 0 Å². The van der Waals surface area contributed by atoms with Gasteiger partial charge in [-0.1, -0.05) is 22.9 Å². The topological polar surface area (TPSA) is 75.9 Å². The highest BCUT2D eigenvalue weighted by atomic mass is 79.9. The Morgan fingerprint density at radius 3 is 2.82 bits per heavy atom. The van der Waals surface area contributed by atoms with E-state index in [0.717, 1.165) is 21.8 Å². The molecule has 0 saturated heterocycles. The zero-order valence-electron chi connectivity index (χ0n) is 12.6. The summed E-state index contributed by atoms with van der Waals surface area (Å²) < 4.78 is 2.89. The molecule has 1 aliphatic heterocycles. The van der Waals surface area contributed by atoms with Gasteiger partial charge in [-0.3, -0.25) is 0 Å². The molecule has 116 valence electrons. The second-order valence-electron chi connectivity index (χ2n) is 6.35. The molecule has 0 bridgehead atoms. The van der Waals surface area contributed by atoms with E-state index in [0.29, 0.717) is 11.6 Å². The molecule has 0 spiro atoms. The molecule has 1 unspecified atom stereocenters. The van der Waals surface area contributed by atoms with Gasteiger partial charge in [0.25, 0.3) is 0 Å². The number of halogens is 1. The number of thiocarbonyl (C=S) groups is 1. The fourth-order valence-corrected chi connectivity index (χ4v) is 4.01. The zero-order valence-corrected chi connectivity index (χ0v) is 15.0. The minimum Gasteiger partial charge on any atom is -0.493 e. The van der Waals surface area contributed by atoms with Crippen molar-refractivity contribution >= 4 is 49.9 Å². The van der Waals surface area contributed by atoms with E-state index in [1.807, 2.05) is 10.6 Å². The summed E-state index contributed by atoms with van der Waals surface area (Å²) in [5, 5.41) is 19.3. The lowest BCUT2D eigenvalue weighted by molar-refractivity contribution is 0.267. The van der Waals surface area contributed by atoms with Crippen molar-refractivity contribution in [1.82, 2.24) is 4.57 Å². The van der Waals surface area contributed by atoms with E-state index in [1.54, 1.807) is 0 Å². The molecule has 0 saturated carbocycles. The lowest BCUT2D eigenvalue weighted by Gasteiger charge is -2.36. The number of aromatic nitrogens is 1. The predicted octanol–water partition coefficient (Wildman–Crippen LogP) is 4.68. The van der Waals surface area contributed by atoms with Crippen LogP contribution in [0.4, 0.5) is 5.69 Å². The molecule has 2 aromatic rings. The predicted molar refractivity (Wildman–Crippen MR) is 95.0 cm³/mol. The summed E-state index contributed by atoms with van der Waals surface area (Å²) in [5.74, 6) is 0.489. The fourth-order valence-electron chi connectivity index (χ4n) is 3.50. The fraction of sp³-hybridized carbons (Fsp3) is 0.400. The summed E-state index contributed by atoms with van der Waals surface area (Å²) in [4.78, 5) is 0. The Morgan fingerprint density at radius 2 is 2.18 bits per heavy atom. The maximum atomic E-state index is 10.7. The minimum atomic E-state index is -0.209. The molecule has 1 atom stereocenters. The van der Waals surface area contributed by atoms with Crippen molar-refractivity contribution in [1.29, 1.82) is 0 Å². The molecule has 2 heterocycles. The number of nitrogens with two attached hydrogens (primary N) is 1. The molecule has 0 aliphatic carbocycles. The molecular formula is C15H17BrN4OS. The lowest BCUT2D eigenvalue weighted by atomic mass is 9.82. The van der Waals surface area contributed by atoms with Gasteiger partial charge >= 0.3 is 0 Å². The van der Waals surface area contributed by atoms with Crippen LogP contribution in [0.25, 0.3) is 10.9 Å². The Labute approximate surface area is 142 Å². The molecule has 1 aliphatic rings. The zero-order chi connectivity index (χ0) is 16.2. The molecule has 0 radical (unpaired) electrons. The van der Waals surface area contributed by atoms with Crippen molar-refractivity contribution in [2.75, 3.05) is 0 Å². The third-order valence-electron chi connectivity index (χ3n) is 4.20. The number of benzene rings is 1. The molecule has 0 fully saturated rings. The van der Waals surface area contributed by atoms with Crippen LogP contribution in [0.5, 0.6) is 5.88 Å². The van der Waals surface area contributed by atoms with Crippen LogP contribution in [-0.2, 0) is 5.54 Å². The second-order valence-corrected chi connectivity index (χ2v) is 7.69. The van der Waals surface area contributed by atoms with Gasteiger partial charge in [-0.2, -0.15) is 0 Å². The molecular weight excluding hydrogens is 364 g/mol. The smallest absolute Gasteiger partial charge is 0.221 e. The van der Waals surface area contributed by atoms with Gasteiger partial charge in [0.2, 0.25) is 11.0 Å². The highest BCUT2D eigenvalue weighted by molar-refractivity contribution is 9.10. The first-order chi connectivity index (χ1) is 10.2. The summed E-state index contributed by atoms with van der Waals surface area (Å²) in [6.45, 7) is 6.43. The molecule has 7 heteroatoms. The Kier molecular flexibility index (Phi) is 3.52. The summed E-state index contributed by atoms with van der Waals surface area (Å²) >= 11 is 8.28. The molecule has 1 aromatic carbocycles. The summed E-state index contributed by atoms with van der Waals surface area (Å²) in [5.41, 5.74) is 7.79. The quantitative estimate of drug-likeness (QED) is 0.556. The van der Waals surface area contributed by atoms with E-state index in [4.69, 9.17) is 18.0 Å². The molecule has 3 N–H and O–H groups in total. The van der Waals surface area contributed by atoms with Crippen LogP contribution in [0.15, 0.2) is 26.8 Å². The SMILES string of the molecule is CC1CC(C)(C)n2c(O)c(N=NC(N)=S)c3cc(Br)cc1c32. The minimum absolute atomic E-state index is 0.0574. The maximum Gasteiger partial charge on any atom is 0.221 e. The number of hydrogen-bond acceptors (Lipinski definition) is 3. The second kappa shape index (κ2) is 5.03. The molecule has 3 rings (SSSR count). The Bertz CT molecular complexity index is 825. The van der Waals surface area contributed by atoms with Gasteiger partial charge in [0.05, 0.1) is 5.52 Å². The summed E-state index contributed by atoms with van der Waals surface area (Å²) in [6.07, 6.45) is 0.930. The molecule has 0 amide bonds. The number of azo groups is 1. The Hall–Kier alpha value is -1.47. The van der Waals surface area contributed by atoms with E-state index in [1.165, 1.54) is 5.56 Å². The lowest BCUT2D eigenvalue weighted by Crippen LogP contribution is -2.31. The summed E-state index contributed by atoms with van der Waals surface area (Å²) in [6, 6.07) is 4.05. The first-order valence-corrected chi connectivity index (χ1v) is 8.21. The van der Waals surface area contributed by atoms with Crippen LogP contribution >= 0.6 is 28.1 Å². The van der Waals surface area contributed by atoms with Crippen LogP contribution in [0.1, 0.15) is 38.7 Å². The Balaban J connectivity index is 2.44. The van der Waals surface area contributed by atoms with Gasteiger partial charge < -0.3 is 15.4 Å². The van der Waals surface area contributed by atoms with E-state index in [-0.39, 0.29) is 16.5 Å². The maximum absolute atomic E-state index is 10.7. The van der Waals surface area contributed by atoms with Crippen molar-refractivity contribution in [2.45, 2.75) is 38.6 Å². The normalized spacial score (nSPS) is 19.9. The molecule has 22 heavy (non-hydrogen) atoms. The summed E-state index contributed by atoms with van der Waals surface area (Å²) in [7, 11) is 0. The number of nitrogens with zero attached hydrogens (tertiary/aromatic N) is 3. The van der Waals surface area contributed by atoms with E-state index in [2.05, 4.69) is 53.0 Å². The van der Waals surface area contributed by atoms with Crippen molar-refractivity contribution in [3.05, 3.63) is 22.2 Å². The van der Waals surface area contributed by atoms with Crippen molar-refractivity contribution in [3.63, 3.8) is 0 Å². The van der Waals surface area contributed by atoms with Crippen LogP contribution in [-0.4, -0.2) is 14.8 Å². The van der Waals surface area contributed by atoms with Gasteiger partial charge in [0.1, 0.15) is 0 Å². The average molecular weight is 381 g/mol. The first kappa shape index (κ1) is 15.4. The van der Waals surface area contributed by atoms with E-state index >= 15 is 0 Å².